The fourth-order valence-corrected chi connectivity index (χ4v) is 2.00. The van der Waals surface area contributed by atoms with Gasteiger partial charge in [0.2, 0.25) is 0 Å². The Balaban J connectivity index is 1.62. The summed E-state index contributed by atoms with van der Waals surface area (Å²) in [7, 11) is 2.18. The van der Waals surface area contributed by atoms with Crippen molar-refractivity contribution in [3.05, 3.63) is 29.6 Å². The number of pyridine rings is 1. The summed E-state index contributed by atoms with van der Waals surface area (Å²) in [5, 5.41) is 3.29. The van der Waals surface area contributed by atoms with E-state index in [1.54, 1.807) is 0 Å². The van der Waals surface area contributed by atoms with Crippen molar-refractivity contribution in [1.82, 2.24) is 15.2 Å². The molecule has 2 rings (SSSR count). The van der Waals surface area contributed by atoms with E-state index in [-0.39, 0.29) is 0 Å². The first kappa shape index (κ1) is 14.4. The molecule has 0 atom stereocenters. The van der Waals surface area contributed by atoms with Gasteiger partial charge in [0.1, 0.15) is 0 Å². The Morgan fingerprint density at radius 3 is 2.89 bits per heavy atom. The predicted molar refractivity (Wildman–Crippen MR) is 76.9 cm³/mol. The first-order valence-corrected chi connectivity index (χ1v) is 7.22. The molecule has 0 amide bonds. The van der Waals surface area contributed by atoms with Gasteiger partial charge in [-0.1, -0.05) is 13.0 Å². The van der Waals surface area contributed by atoms with E-state index in [2.05, 4.69) is 41.3 Å². The molecule has 0 aliphatic heterocycles. The second-order valence-electron chi connectivity index (χ2n) is 5.20. The van der Waals surface area contributed by atoms with E-state index >= 15 is 0 Å². The Labute approximate surface area is 116 Å². The van der Waals surface area contributed by atoms with Crippen LogP contribution in [0.25, 0.3) is 0 Å². The van der Waals surface area contributed by atoms with Crippen LogP contribution in [0.15, 0.2) is 18.3 Å². The zero-order valence-corrected chi connectivity index (χ0v) is 12.1. The molecule has 1 aliphatic rings. The fraction of sp³-hybridized carbons (Fsp3) is 0.667. The summed E-state index contributed by atoms with van der Waals surface area (Å²) >= 11 is 0. The molecule has 0 aromatic carbocycles. The van der Waals surface area contributed by atoms with Crippen molar-refractivity contribution in [2.75, 3.05) is 26.7 Å². The Morgan fingerprint density at radius 2 is 2.26 bits per heavy atom. The van der Waals surface area contributed by atoms with Crippen LogP contribution < -0.4 is 5.32 Å². The largest absolute Gasteiger partial charge is 0.374 e. The standard InChI is InChI=1S/C15H25N3O/c1-3-16-10-13-4-5-14(17-11-13)12-19-9-8-18(2)15-6-7-15/h4-5,11,15-16H,3,6-10,12H2,1-2H3. The van der Waals surface area contributed by atoms with E-state index in [1.807, 2.05) is 6.20 Å². The van der Waals surface area contributed by atoms with E-state index < -0.39 is 0 Å². The maximum Gasteiger partial charge on any atom is 0.0888 e. The van der Waals surface area contributed by atoms with E-state index in [0.717, 1.165) is 38.0 Å². The number of likely N-dealkylation sites (N-methyl/N-ethyl adjacent to an activating group) is 1. The second kappa shape index (κ2) is 7.58. The van der Waals surface area contributed by atoms with Crippen molar-refractivity contribution in [2.24, 2.45) is 0 Å². The molecule has 1 heterocycles. The Morgan fingerprint density at radius 1 is 1.42 bits per heavy atom. The Hall–Kier alpha value is -0.970. The van der Waals surface area contributed by atoms with Crippen molar-refractivity contribution in [3.63, 3.8) is 0 Å². The van der Waals surface area contributed by atoms with Crippen LogP contribution >= 0.6 is 0 Å². The van der Waals surface area contributed by atoms with Gasteiger partial charge in [0.05, 0.1) is 18.9 Å². The average molecular weight is 263 g/mol. The van der Waals surface area contributed by atoms with Gasteiger partial charge in [0, 0.05) is 25.3 Å². The number of nitrogens with one attached hydrogen (secondary N) is 1. The highest BCUT2D eigenvalue weighted by atomic mass is 16.5. The van der Waals surface area contributed by atoms with Crippen molar-refractivity contribution in [2.45, 2.75) is 39.0 Å². The van der Waals surface area contributed by atoms with Crippen LogP contribution in [0.4, 0.5) is 0 Å². The van der Waals surface area contributed by atoms with Gasteiger partial charge in [-0.3, -0.25) is 4.98 Å². The summed E-state index contributed by atoms with van der Waals surface area (Å²) in [4.78, 5) is 6.80. The van der Waals surface area contributed by atoms with E-state index in [0.29, 0.717) is 6.61 Å². The highest BCUT2D eigenvalue weighted by Gasteiger charge is 2.25. The Bertz CT molecular complexity index is 362. The predicted octanol–water partition coefficient (Wildman–Crippen LogP) is 1.80. The molecule has 1 saturated carbocycles. The number of hydrogen-bond acceptors (Lipinski definition) is 4. The molecular weight excluding hydrogens is 238 g/mol. The lowest BCUT2D eigenvalue weighted by molar-refractivity contribution is 0.0957. The van der Waals surface area contributed by atoms with Gasteiger partial charge >= 0.3 is 0 Å². The summed E-state index contributed by atoms with van der Waals surface area (Å²) < 4.78 is 5.67. The zero-order valence-electron chi connectivity index (χ0n) is 12.1. The molecule has 1 fully saturated rings. The fourth-order valence-electron chi connectivity index (χ4n) is 2.00. The zero-order chi connectivity index (χ0) is 13.5. The SMILES string of the molecule is CCNCc1ccc(COCCN(C)C2CC2)nc1. The molecule has 19 heavy (non-hydrogen) atoms. The van der Waals surface area contributed by atoms with Crippen LogP contribution in [0.3, 0.4) is 0 Å². The van der Waals surface area contributed by atoms with Gasteiger partial charge in [0.15, 0.2) is 0 Å². The molecule has 4 nitrogen and oxygen atoms in total. The third-order valence-corrected chi connectivity index (χ3v) is 3.47. The first-order valence-electron chi connectivity index (χ1n) is 7.22. The lowest BCUT2D eigenvalue weighted by atomic mass is 10.2. The molecule has 0 bridgehead atoms. The highest BCUT2D eigenvalue weighted by Crippen LogP contribution is 2.24. The smallest absolute Gasteiger partial charge is 0.0888 e. The molecule has 0 radical (unpaired) electrons. The summed E-state index contributed by atoms with van der Waals surface area (Å²) in [6, 6.07) is 4.98. The molecule has 4 heteroatoms. The van der Waals surface area contributed by atoms with Crippen molar-refractivity contribution in [1.29, 1.82) is 0 Å². The molecule has 1 N–H and O–H groups in total. The summed E-state index contributed by atoms with van der Waals surface area (Å²) in [6.45, 7) is 6.39. The third kappa shape index (κ3) is 5.27. The summed E-state index contributed by atoms with van der Waals surface area (Å²) in [6.07, 6.45) is 4.63. The lowest BCUT2D eigenvalue weighted by Crippen LogP contribution is -2.25. The van der Waals surface area contributed by atoms with Gasteiger partial charge in [-0.05, 0) is 38.1 Å². The Kier molecular flexibility index (Phi) is 5.76. The molecule has 1 aliphatic carbocycles. The van der Waals surface area contributed by atoms with Crippen LogP contribution in [-0.2, 0) is 17.9 Å². The van der Waals surface area contributed by atoms with Crippen LogP contribution in [-0.4, -0.2) is 42.7 Å². The number of hydrogen-bond donors (Lipinski definition) is 1. The second-order valence-corrected chi connectivity index (χ2v) is 5.20. The van der Waals surface area contributed by atoms with E-state index in [4.69, 9.17) is 4.74 Å². The summed E-state index contributed by atoms with van der Waals surface area (Å²) in [5.74, 6) is 0. The molecule has 1 aromatic heterocycles. The molecule has 0 unspecified atom stereocenters. The molecule has 0 spiro atoms. The van der Waals surface area contributed by atoms with E-state index in [9.17, 15) is 0 Å². The van der Waals surface area contributed by atoms with Gasteiger partial charge in [-0.2, -0.15) is 0 Å². The summed E-state index contributed by atoms with van der Waals surface area (Å²) in [5.41, 5.74) is 2.23. The van der Waals surface area contributed by atoms with Gasteiger partial charge in [-0.15, -0.1) is 0 Å². The van der Waals surface area contributed by atoms with Gasteiger partial charge < -0.3 is 15.0 Å². The van der Waals surface area contributed by atoms with Crippen LogP contribution in [0, 0.1) is 0 Å². The van der Waals surface area contributed by atoms with Crippen LogP contribution in [0.5, 0.6) is 0 Å². The maximum absolute atomic E-state index is 5.67. The normalized spacial score (nSPS) is 15.1. The average Bonchev–Trinajstić information content (AvgIpc) is 3.27. The van der Waals surface area contributed by atoms with Crippen LogP contribution in [0.1, 0.15) is 31.0 Å². The minimum Gasteiger partial charge on any atom is -0.374 e. The van der Waals surface area contributed by atoms with Gasteiger partial charge in [0.25, 0.3) is 0 Å². The molecule has 1 aromatic rings. The monoisotopic (exact) mass is 263 g/mol. The van der Waals surface area contributed by atoms with Crippen LogP contribution in [0.2, 0.25) is 0 Å². The molecular formula is C15H25N3O. The first-order chi connectivity index (χ1) is 9.29. The van der Waals surface area contributed by atoms with E-state index in [1.165, 1.54) is 18.4 Å². The number of aromatic nitrogens is 1. The lowest BCUT2D eigenvalue weighted by Gasteiger charge is -2.15. The molecule has 0 saturated heterocycles. The van der Waals surface area contributed by atoms with Gasteiger partial charge in [-0.25, -0.2) is 0 Å². The number of ether oxygens (including phenoxy) is 1. The quantitative estimate of drug-likeness (QED) is 0.689. The maximum atomic E-state index is 5.67. The minimum absolute atomic E-state index is 0.611. The van der Waals surface area contributed by atoms with Crippen molar-refractivity contribution >= 4 is 0 Å². The highest BCUT2D eigenvalue weighted by molar-refractivity contribution is 5.13. The topological polar surface area (TPSA) is 37.4 Å². The van der Waals surface area contributed by atoms with Crippen molar-refractivity contribution < 1.29 is 4.74 Å². The third-order valence-electron chi connectivity index (χ3n) is 3.47. The molecule has 106 valence electrons. The number of nitrogens with zero attached hydrogens (tertiary/aromatic N) is 2. The minimum atomic E-state index is 0.611. The number of rotatable bonds is 9. The van der Waals surface area contributed by atoms with Crippen molar-refractivity contribution in [3.8, 4) is 0 Å².